The summed E-state index contributed by atoms with van der Waals surface area (Å²) in [6.45, 7) is 4.45. The van der Waals surface area contributed by atoms with E-state index in [9.17, 15) is 0 Å². The van der Waals surface area contributed by atoms with Crippen LogP contribution in [-0.4, -0.2) is 45.5 Å². The summed E-state index contributed by atoms with van der Waals surface area (Å²) in [7, 11) is 0. The zero-order valence-electron chi connectivity index (χ0n) is 10.1. The van der Waals surface area contributed by atoms with Crippen LogP contribution in [-0.2, 0) is 17.8 Å². The number of ether oxygens (including phenoxy) is 1. The second kappa shape index (κ2) is 5.60. The van der Waals surface area contributed by atoms with Gasteiger partial charge in [-0.05, 0) is 6.07 Å². The van der Waals surface area contributed by atoms with E-state index in [0.29, 0.717) is 0 Å². The largest absolute Gasteiger partial charge is 0.374 e. The third kappa shape index (κ3) is 2.95. The first kappa shape index (κ1) is 11.8. The standard InChI is InChI=1S/C12H16N4OS/c1-2-14-16(3-1)8-12-7-15(4-5-17-12)6-11-9-18-10-13-11/h1-3,9-10,12H,4-8H2. The van der Waals surface area contributed by atoms with Gasteiger partial charge in [0.05, 0.1) is 30.5 Å². The van der Waals surface area contributed by atoms with Crippen LogP contribution < -0.4 is 0 Å². The Balaban J connectivity index is 1.55. The van der Waals surface area contributed by atoms with Crippen LogP contribution in [0.2, 0.25) is 0 Å². The molecule has 0 spiro atoms. The number of nitrogens with zero attached hydrogens (tertiary/aromatic N) is 4. The van der Waals surface area contributed by atoms with Crippen LogP contribution in [0.25, 0.3) is 0 Å². The van der Waals surface area contributed by atoms with E-state index in [0.717, 1.165) is 38.5 Å². The number of morpholine rings is 1. The topological polar surface area (TPSA) is 43.2 Å². The monoisotopic (exact) mass is 264 g/mol. The molecule has 3 rings (SSSR count). The van der Waals surface area contributed by atoms with Crippen molar-refractivity contribution in [3.05, 3.63) is 35.0 Å². The summed E-state index contributed by atoms with van der Waals surface area (Å²) in [6, 6.07) is 1.94. The Morgan fingerprint density at radius 1 is 1.50 bits per heavy atom. The highest BCUT2D eigenvalue weighted by Crippen LogP contribution is 2.11. The van der Waals surface area contributed by atoms with Gasteiger partial charge >= 0.3 is 0 Å². The molecule has 0 aliphatic carbocycles. The van der Waals surface area contributed by atoms with E-state index in [1.807, 2.05) is 22.5 Å². The number of rotatable bonds is 4. The predicted molar refractivity (Wildman–Crippen MR) is 69.4 cm³/mol. The first-order valence-corrected chi connectivity index (χ1v) is 7.03. The van der Waals surface area contributed by atoms with Crippen molar-refractivity contribution in [2.75, 3.05) is 19.7 Å². The maximum atomic E-state index is 5.78. The van der Waals surface area contributed by atoms with E-state index >= 15 is 0 Å². The van der Waals surface area contributed by atoms with Gasteiger partial charge in [-0.2, -0.15) is 5.10 Å². The molecule has 1 aliphatic rings. The van der Waals surface area contributed by atoms with Gasteiger partial charge in [0, 0.05) is 37.4 Å². The van der Waals surface area contributed by atoms with E-state index in [1.165, 1.54) is 0 Å². The molecular weight excluding hydrogens is 248 g/mol. The lowest BCUT2D eigenvalue weighted by molar-refractivity contribution is -0.0405. The van der Waals surface area contributed by atoms with Gasteiger partial charge in [-0.1, -0.05) is 0 Å². The minimum absolute atomic E-state index is 0.220. The molecule has 1 saturated heterocycles. The SMILES string of the molecule is c1cnn(CC2CN(Cc3cscn3)CCO2)c1. The molecule has 18 heavy (non-hydrogen) atoms. The molecule has 3 heterocycles. The second-order valence-corrected chi connectivity index (χ2v) is 5.15. The highest BCUT2D eigenvalue weighted by atomic mass is 32.1. The zero-order chi connectivity index (χ0) is 12.2. The highest BCUT2D eigenvalue weighted by Gasteiger charge is 2.21. The van der Waals surface area contributed by atoms with Crippen molar-refractivity contribution < 1.29 is 4.74 Å². The molecular formula is C12H16N4OS. The van der Waals surface area contributed by atoms with Gasteiger partial charge < -0.3 is 4.74 Å². The summed E-state index contributed by atoms with van der Waals surface area (Å²) >= 11 is 1.65. The molecule has 2 aromatic heterocycles. The zero-order valence-corrected chi connectivity index (χ0v) is 10.9. The minimum atomic E-state index is 0.220. The first-order chi connectivity index (χ1) is 8.90. The summed E-state index contributed by atoms with van der Waals surface area (Å²) in [5, 5.41) is 6.33. The summed E-state index contributed by atoms with van der Waals surface area (Å²) in [5.41, 5.74) is 3.04. The lowest BCUT2D eigenvalue weighted by Gasteiger charge is -2.32. The smallest absolute Gasteiger partial charge is 0.0898 e. The molecule has 6 heteroatoms. The van der Waals surface area contributed by atoms with E-state index in [4.69, 9.17) is 4.74 Å². The van der Waals surface area contributed by atoms with Crippen molar-refractivity contribution in [1.82, 2.24) is 19.7 Å². The summed E-state index contributed by atoms with van der Waals surface area (Å²) < 4.78 is 7.71. The van der Waals surface area contributed by atoms with Crippen LogP contribution in [0.3, 0.4) is 0 Å². The quantitative estimate of drug-likeness (QED) is 0.833. The van der Waals surface area contributed by atoms with Crippen molar-refractivity contribution in [3.8, 4) is 0 Å². The molecule has 2 aromatic rings. The average molecular weight is 264 g/mol. The van der Waals surface area contributed by atoms with Crippen LogP contribution in [0.4, 0.5) is 0 Å². The molecule has 1 aliphatic heterocycles. The fraction of sp³-hybridized carbons (Fsp3) is 0.500. The van der Waals surface area contributed by atoms with Gasteiger partial charge in [-0.3, -0.25) is 9.58 Å². The molecule has 0 radical (unpaired) electrons. The van der Waals surface area contributed by atoms with Gasteiger partial charge in [0.15, 0.2) is 0 Å². The fourth-order valence-corrected chi connectivity index (χ4v) is 2.75. The summed E-state index contributed by atoms with van der Waals surface area (Å²) in [4.78, 5) is 6.73. The molecule has 0 saturated carbocycles. The Hall–Kier alpha value is -1.24. The third-order valence-corrected chi connectivity index (χ3v) is 3.68. The Morgan fingerprint density at radius 2 is 2.50 bits per heavy atom. The van der Waals surface area contributed by atoms with Crippen LogP contribution >= 0.6 is 11.3 Å². The van der Waals surface area contributed by atoms with Gasteiger partial charge in [0.1, 0.15) is 0 Å². The van der Waals surface area contributed by atoms with Gasteiger partial charge in [0.25, 0.3) is 0 Å². The molecule has 0 aromatic carbocycles. The van der Waals surface area contributed by atoms with Crippen LogP contribution in [0.15, 0.2) is 29.4 Å². The third-order valence-electron chi connectivity index (χ3n) is 3.04. The van der Waals surface area contributed by atoms with Gasteiger partial charge in [-0.15, -0.1) is 11.3 Å². The average Bonchev–Trinajstić information content (AvgIpc) is 3.03. The van der Waals surface area contributed by atoms with E-state index < -0.39 is 0 Å². The molecule has 1 fully saturated rings. The number of thiazole rings is 1. The molecule has 0 amide bonds. The van der Waals surface area contributed by atoms with Gasteiger partial charge in [0.2, 0.25) is 0 Å². The first-order valence-electron chi connectivity index (χ1n) is 6.08. The molecule has 0 bridgehead atoms. The highest BCUT2D eigenvalue weighted by molar-refractivity contribution is 7.07. The van der Waals surface area contributed by atoms with Crippen molar-refractivity contribution in [2.45, 2.75) is 19.2 Å². The maximum absolute atomic E-state index is 5.78. The second-order valence-electron chi connectivity index (χ2n) is 4.44. The van der Waals surface area contributed by atoms with Crippen molar-refractivity contribution in [2.24, 2.45) is 0 Å². The van der Waals surface area contributed by atoms with Crippen molar-refractivity contribution >= 4 is 11.3 Å². The van der Waals surface area contributed by atoms with E-state index in [2.05, 4.69) is 20.4 Å². The summed E-state index contributed by atoms with van der Waals surface area (Å²) in [6.07, 6.45) is 4.00. The van der Waals surface area contributed by atoms with Crippen LogP contribution in [0.1, 0.15) is 5.69 Å². The Kier molecular flexibility index (Phi) is 3.68. The fourth-order valence-electron chi connectivity index (χ4n) is 2.20. The Morgan fingerprint density at radius 3 is 3.28 bits per heavy atom. The number of aromatic nitrogens is 3. The van der Waals surface area contributed by atoms with Crippen LogP contribution in [0.5, 0.6) is 0 Å². The predicted octanol–water partition coefficient (Wildman–Crippen LogP) is 1.24. The van der Waals surface area contributed by atoms with Crippen LogP contribution in [0, 0.1) is 0 Å². The molecule has 96 valence electrons. The molecule has 1 atom stereocenters. The minimum Gasteiger partial charge on any atom is -0.374 e. The van der Waals surface area contributed by atoms with Gasteiger partial charge in [-0.25, -0.2) is 4.98 Å². The van der Waals surface area contributed by atoms with Crippen molar-refractivity contribution in [1.29, 1.82) is 0 Å². The maximum Gasteiger partial charge on any atom is 0.0898 e. The van der Waals surface area contributed by atoms with E-state index in [-0.39, 0.29) is 6.10 Å². The Labute approximate surface area is 110 Å². The Bertz CT molecular complexity index is 414. The molecule has 0 N–H and O–H groups in total. The lowest BCUT2D eigenvalue weighted by atomic mass is 10.2. The normalized spacial score (nSPS) is 21.2. The number of hydrogen-bond donors (Lipinski definition) is 0. The van der Waals surface area contributed by atoms with E-state index in [1.54, 1.807) is 17.5 Å². The number of hydrogen-bond acceptors (Lipinski definition) is 5. The summed E-state index contributed by atoms with van der Waals surface area (Å²) in [5.74, 6) is 0. The molecule has 1 unspecified atom stereocenters. The molecule has 5 nitrogen and oxygen atoms in total. The lowest BCUT2D eigenvalue weighted by Crippen LogP contribution is -2.43. The van der Waals surface area contributed by atoms with Crippen molar-refractivity contribution in [3.63, 3.8) is 0 Å².